The first-order valence-electron chi connectivity index (χ1n) is 7.79. The lowest BCUT2D eigenvalue weighted by Gasteiger charge is -2.19. The fourth-order valence-electron chi connectivity index (χ4n) is 3.53. The molecule has 1 spiro atoms. The van der Waals surface area contributed by atoms with Gasteiger partial charge in [-0.1, -0.05) is 0 Å². The van der Waals surface area contributed by atoms with Gasteiger partial charge in [-0.3, -0.25) is 24.8 Å². The van der Waals surface area contributed by atoms with Gasteiger partial charge in [-0.05, 0) is 24.6 Å². The average molecular weight is 327 g/mol. The van der Waals surface area contributed by atoms with E-state index in [0.717, 1.165) is 5.69 Å². The minimum atomic E-state index is -0.756. The number of carbonyl (C=O) groups is 3. The Morgan fingerprint density at radius 2 is 2.21 bits per heavy atom. The van der Waals surface area contributed by atoms with E-state index in [0.29, 0.717) is 24.4 Å². The Balaban J connectivity index is 1.53. The van der Waals surface area contributed by atoms with Crippen LogP contribution in [-0.2, 0) is 16.6 Å². The molecular formula is C16H17N5O3. The second-order valence-electron chi connectivity index (χ2n) is 6.48. The number of aromatic amines is 1. The van der Waals surface area contributed by atoms with Gasteiger partial charge in [0, 0.05) is 32.8 Å². The van der Waals surface area contributed by atoms with Crippen LogP contribution in [0.1, 0.15) is 23.3 Å². The highest BCUT2D eigenvalue weighted by Crippen LogP contribution is 2.38. The first kappa shape index (κ1) is 14.7. The van der Waals surface area contributed by atoms with Crippen molar-refractivity contribution in [3.05, 3.63) is 30.1 Å². The lowest BCUT2D eigenvalue weighted by atomic mass is 9.85. The van der Waals surface area contributed by atoms with Crippen LogP contribution in [0.15, 0.2) is 24.4 Å². The molecule has 2 aliphatic rings. The van der Waals surface area contributed by atoms with Gasteiger partial charge in [0.15, 0.2) is 0 Å². The summed E-state index contributed by atoms with van der Waals surface area (Å²) in [7, 11) is 1.91. The third-order valence-corrected chi connectivity index (χ3v) is 4.89. The smallest absolute Gasteiger partial charge is 0.271 e. The topological polar surface area (TPSA) is 100 Å². The number of aryl methyl sites for hydroxylation is 1. The Hall–Kier alpha value is -2.90. The minimum absolute atomic E-state index is 0.160. The van der Waals surface area contributed by atoms with Gasteiger partial charge in [0.25, 0.3) is 5.91 Å². The van der Waals surface area contributed by atoms with Gasteiger partial charge in [-0.2, -0.15) is 5.10 Å². The molecule has 2 N–H and O–H groups in total. The maximum atomic E-state index is 12.7. The van der Waals surface area contributed by atoms with Crippen molar-refractivity contribution in [1.29, 1.82) is 0 Å². The van der Waals surface area contributed by atoms with Gasteiger partial charge in [-0.15, -0.1) is 0 Å². The molecule has 8 heteroatoms. The van der Waals surface area contributed by atoms with Gasteiger partial charge >= 0.3 is 0 Å². The Morgan fingerprint density at radius 1 is 1.38 bits per heavy atom. The van der Waals surface area contributed by atoms with Crippen molar-refractivity contribution in [3.63, 3.8) is 0 Å². The second kappa shape index (κ2) is 5.05. The van der Waals surface area contributed by atoms with Gasteiger partial charge in [0.2, 0.25) is 11.8 Å². The molecule has 1 unspecified atom stereocenters. The number of imide groups is 1. The molecule has 2 fully saturated rings. The zero-order chi connectivity index (χ0) is 16.9. The molecule has 2 aromatic heterocycles. The van der Waals surface area contributed by atoms with E-state index in [4.69, 9.17) is 0 Å². The van der Waals surface area contributed by atoms with E-state index in [-0.39, 0.29) is 30.7 Å². The minimum Gasteiger partial charge on any atom is -0.349 e. The van der Waals surface area contributed by atoms with Crippen LogP contribution in [-0.4, -0.2) is 50.5 Å². The van der Waals surface area contributed by atoms with E-state index in [9.17, 15) is 14.4 Å². The zero-order valence-corrected chi connectivity index (χ0v) is 13.2. The van der Waals surface area contributed by atoms with Crippen molar-refractivity contribution >= 4 is 17.7 Å². The van der Waals surface area contributed by atoms with Crippen molar-refractivity contribution in [2.24, 2.45) is 12.5 Å². The first-order valence-corrected chi connectivity index (χ1v) is 7.79. The molecule has 0 radical (unpaired) electrons. The van der Waals surface area contributed by atoms with Crippen LogP contribution < -0.4 is 5.32 Å². The molecule has 0 aliphatic carbocycles. The van der Waals surface area contributed by atoms with Crippen LogP contribution in [0, 0.1) is 5.41 Å². The molecule has 4 rings (SSSR count). The summed E-state index contributed by atoms with van der Waals surface area (Å²) in [5, 5.41) is 9.32. The van der Waals surface area contributed by atoms with Gasteiger partial charge in [0.05, 0.1) is 11.1 Å². The number of nitrogens with one attached hydrogen (secondary N) is 2. The summed E-state index contributed by atoms with van der Waals surface area (Å²) in [6.45, 7) is 0.722. The fraction of sp³-hybridized carbons (Fsp3) is 0.375. The molecule has 1 atom stereocenters. The van der Waals surface area contributed by atoms with Crippen LogP contribution in [0.5, 0.6) is 0 Å². The summed E-state index contributed by atoms with van der Waals surface area (Å²) in [4.78, 5) is 37.8. The van der Waals surface area contributed by atoms with Crippen LogP contribution in [0.25, 0.3) is 11.4 Å². The summed E-state index contributed by atoms with van der Waals surface area (Å²) in [6, 6.07) is 5.54. The second-order valence-corrected chi connectivity index (χ2v) is 6.48. The number of nitrogens with zero attached hydrogens (tertiary/aromatic N) is 3. The maximum absolute atomic E-state index is 12.7. The summed E-state index contributed by atoms with van der Waals surface area (Å²) >= 11 is 0. The van der Waals surface area contributed by atoms with Crippen molar-refractivity contribution in [2.45, 2.75) is 12.8 Å². The molecule has 2 saturated heterocycles. The first-order chi connectivity index (χ1) is 11.5. The predicted octanol–water partition coefficient (Wildman–Crippen LogP) is 0.294. The Bertz CT molecular complexity index is 852. The highest BCUT2D eigenvalue weighted by Gasteiger charge is 2.51. The van der Waals surface area contributed by atoms with E-state index in [2.05, 4.69) is 15.5 Å². The average Bonchev–Trinajstić information content (AvgIpc) is 3.28. The number of hydrogen-bond donors (Lipinski definition) is 2. The van der Waals surface area contributed by atoms with E-state index < -0.39 is 5.41 Å². The molecule has 2 aromatic rings. The standard InChI is InChI=1S/C16H17N5O3/c1-20-5-2-3-12(20)10-7-11(19-18-10)14(23)21-6-4-16(9-21)8-13(22)17-15(16)24/h2-3,5,7H,4,6,8-9H2,1H3,(H,18,19)(H,17,22,24). The summed E-state index contributed by atoms with van der Waals surface area (Å²) in [5.74, 6) is -0.731. The number of likely N-dealkylation sites (tertiary alicyclic amines) is 1. The van der Waals surface area contributed by atoms with Gasteiger partial charge in [-0.25, -0.2) is 0 Å². The predicted molar refractivity (Wildman–Crippen MR) is 83.7 cm³/mol. The van der Waals surface area contributed by atoms with Crippen molar-refractivity contribution < 1.29 is 14.4 Å². The molecule has 24 heavy (non-hydrogen) atoms. The Labute approximate surface area is 137 Å². The monoisotopic (exact) mass is 327 g/mol. The zero-order valence-electron chi connectivity index (χ0n) is 13.2. The molecule has 0 saturated carbocycles. The molecule has 2 aliphatic heterocycles. The van der Waals surface area contributed by atoms with Crippen LogP contribution in [0.2, 0.25) is 0 Å². The largest absolute Gasteiger partial charge is 0.349 e. The maximum Gasteiger partial charge on any atom is 0.271 e. The number of hydrogen-bond acceptors (Lipinski definition) is 4. The Kier molecular flexibility index (Phi) is 3.09. The number of H-pyrrole nitrogens is 1. The number of amides is 3. The van der Waals surface area contributed by atoms with Crippen LogP contribution >= 0.6 is 0 Å². The number of carbonyl (C=O) groups excluding carboxylic acids is 3. The Morgan fingerprint density at radius 3 is 2.88 bits per heavy atom. The van der Waals surface area contributed by atoms with Crippen molar-refractivity contribution in [3.8, 4) is 11.4 Å². The quantitative estimate of drug-likeness (QED) is 0.775. The van der Waals surface area contributed by atoms with Crippen molar-refractivity contribution in [1.82, 2.24) is 25.0 Å². The number of aromatic nitrogens is 3. The SMILES string of the molecule is Cn1cccc1-c1cc(C(=O)N2CCC3(CC(=O)NC3=O)C2)[nH]n1. The molecule has 3 amide bonds. The molecular weight excluding hydrogens is 310 g/mol. The van der Waals surface area contributed by atoms with Gasteiger partial charge in [0.1, 0.15) is 11.4 Å². The molecule has 124 valence electrons. The number of rotatable bonds is 2. The van der Waals surface area contributed by atoms with Crippen LogP contribution in [0.4, 0.5) is 0 Å². The highest BCUT2D eigenvalue weighted by atomic mass is 16.2. The van der Waals surface area contributed by atoms with E-state index >= 15 is 0 Å². The third kappa shape index (κ3) is 2.14. The lowest BCUT2D eigenvalue weighted by molar-refractivity contribution is -0.128. The van der Waals surface area contributed by atoms with E-state index in [1.54, 1.807) is 11.0 Å². The summed E-state index contributed by atoms with van der Waals surface area (Å²) < 4.78 is 1.92. The lowest BCUT2D eigenvalue weighted by Crippen LogP contribution is -2.36. The normalized spacial score (nSPS) is 23.3. The highest BCUT2D eigenvalue weighted by molar-refractivity contribution is 6.06. The summed E-state index contributed by atoms with van der Waals surface area (Å²) in [5.41, 5.74) is 1.22. The van der Waals surface area contributed by atoms with E-state index in [1.807, 2.05) is 29.9 Å². The van der Waals surface area contributed by atoms with Crippen LogP contribution in [0.3, 0.4) is 0 Å². The summed E-state index contributed by atoms with van der Waals surface area (Å²) in [6.07, 6.45) is 2.58. The molecule has 0 aromatic carbocycles. The molecule has 0 bridgehead atoms. The third-order valence-electron chi connectivity index (χ3n) is 4.89. The molecule has 4 heterocycles. The molecule has 8 nitrogen and oxygen atoms in total. The van der Waals surface area contributed by atoms with E-state index in [1.165, 1.54) is 0 Å². The van der Waals surface area contributed by atoms with Crippen molar-refractivity contribution in [2.75, 3.05) is 13.1 Å². The fourth-order valence-corrected chi connectivity index (χ4v) is 3.53. The van der Waals surface area contributed by atoms with Gasteiger partial charge < -0.3 is 9.47 Å².